The van der Waals surface area contributed by atoms with Crippen LogP contribution in [0.5, 0.6) is 0 Å². The third-order valence-electron chi connectivity index (χ3n) is 17.8. The average Bonchev–Trinajstić information content (AvgIpc) is 3.46. The molecule has 0 aliphatic rings. The Balaban J connectivity index is 3.99. The van der Waals surface area contributed by atoms with E-state index in [1.165, 1.54) is 295 Å². The van der Waals surface area contributed by atoms with Gasteiger partial charge in [-0.3, -0.25) is 9.59 Å². The minimum Gasteiger partial charge on any atom is -0.477 e. The second kappa shape index (κ2) is 72.8. The Morgan fingerprint density at radius 2 is 0.626 bits per heavy atom. The van der Waals surface area contributed by atoms with Crippen molar-refractivity contribution in [3.63, 3.8) is 0 Å². The van der Waals surface area contributed by atoms with Crippen LogP contribution in [-0.4, -0.2) is 87.4 Å². The lowest BCUT2D eigenvalue weighted by Crippen LogP contribution is -2.40. The zero-order chi connectivity index (χ0) is 66.1. The molecule has 0 saturated carbocycles. The quantitative estimate of drug-likeness (QED) is 0.0211. The van der Waals surface area contributed by atoms with Gasteiger partial charge in [0.1, 0.15) is 13.2 Å². The third-order valence-corrected chi connectivity index (χ3v) is 17.8. The molecule has 0 aromatic carbocycles. The van der Waals surface area contributed by atoms with Crippen LogP contribution in [0.15, 0.2) is 60.8 Å². The topological polar surface area (TPSA) is 108 Å². The van der Waals surface area contributed by atoms with Crippen molar-refractivity contribution < 1.29 is 42.9 Å². The number of carbonyl (C=O) groups is 3. The van der Waals surface area contributed by atoms with Crippen LogP contribution >= 0.6 is 0 Å². The maximum Gasteiger partial charge on any atom is 0.361 e. The molecule has 2 unspecified atom stereocenters. The van der Waals surface area contributed by atoms with E-state index >= 15 is 0 Å². The van der Waals surface area contributed by atoms with Gasteiger partial charge in [-0.05, 0) is 77.0 Å². The number of quaternary nitrogens is 1. The van der Waals surface area contributed by atoms with E-state index in [9.17, 15) is 19.5 Å². The van der Waals surface area contributed by atoms with Crippen molar-refractivity contribution >= 4 is 17.9 Å². The zero-order valence-electron chi connectivity index (χ0n) is 61.0. The largest absolute Gasteiger partial charge is 0.477 e. The van der Waals surface area contributed by atoms with Gasteiger partial charge >= 0.3 is 17.9 Å². The first-order chi connectivity index (χ1) is 44.6. The van der Waals surface area contributed by atoms with E-state index in [1.54, 1.807) is 0 Å². The molecule has 0 bridgehead atoms. The van der Waals surface area contributed by atoms with Crippen molar-refractivity contribution in [1.82, 2.24) is 0 Å². The molecule has 0 fully saturated rings. The van der Waals surface area contributed by atoms with Crippen LogP contribution in [0.25, 0.3) is 0 Å². The molecule has 0 heterocycles. The van der Waals surface area contributed by atoms with Gasteiger partial charge in [0.25, 0.3) is 6.29 Å². The van der Waals surface area contributed by atoms with Crippen LogP contribution in [-0.2, 0) is 33.3 Å². The molecular formula is C82H152NO8+. The number of unbranched alkanes of at least 4 members (excludes halogenated alkanes) is 49. The second-order valence-electron chi connectivity index (χ2n) is 28.0. The number of esters is 2. The summed E-state index contributed by atoms with van der Waals surface area (Å²) in [5.41, 5.74) is 0. The fourth-order valence-corrected chi connectivity index (χ4v) is 11.8. The van der Waals surface area contributed by atoms with Gasteiger partial charge in [0.2, 0.25) is 0 Å². The maximum atomic E-state index is 13.0. The molecule has 0 saturated heterocycles. The summed E-state index contributed by atoms with van der Waals surface area (Å²) >= 11 is 0. The van der Waals surface area contributed by atoms with E-state index in [0.717, 1.165) is 64.2 Å². The zero-order valence-corrected chi connectivity index (χ0v) is 61.0. The molecule has 0 rings (SSSR count). The summed E-state index contributed by atoms with van der Waals surface area (Å²) in [7, 11) is 6.00. The van der Waals surface area contributed by atoms with Gasteiger partial charge in [0, 0.05) is 12.8 Å². The first-order valence-electron chi connectivity index (χ1n) is 39.5. The molecule has 0 aliphatic carbocycles. The average molecular weight is 1280 g/mol. The predicted octanol–water partition coefficient (Wildman–Crippen LogP) is 25.0. The maximum absolute atomic E-state index is 13.0. The summed E-state index contributed by atoms with van der Waals surface area (Å²) in [6.07, 6.45) is 93.8. The number of rotatable bonds is 74. The van der Waals surface area contributed by atoms with Gasteiger partial charge in [-0.2, -0.15) is 0 Å². The van der Waals surface area contributed by atoms with Crippen molar-refractivity contribution in [2.24, 2.45) is 0 Å². The van der Waals surface area contributed by atoms with E-state index < -0.39 is 18.4 Å². The normalized spacial score (nSPS) is 12.9. The first-order valence-corrected chi connectivity index (χ1v) is 39.5. The Morgan fingerprint density at radius 3 is 0.945 bits per heavy atom. The van der Waals surface area contributed by atoms with Crippen molar-refractivity contribution in [1.29, 1.82) is 0 Å². The summed E-state index contributed by atoms with van der Waals surface area (Å²) in [5, 5.41) is 9.77. The SMILES string of the molecule is CC/C=C\C/C=C\C/C=C\C/C=C\CCCCCCCCCCCCCCCCCCCCCCC(=O)OC(COC(=O)CCCCCCCCCCCCCCCCCCCCCCC/C=C\CCCCCCCCCC)COC(OCC[N+](C)(C)C)C(=O)O. The molecule has 0 amide bonds. The number of carboxylic acids is 1. The van der Waals surface area contributed by atoms with Gasteiger partial charge in [-0.1, -0.05) is 357 Å². The molecule has 2 atom stereocenters. The highest BCUT2D eigenvalue weighted by Crippen LogP contribution is 2.19. The summed E-state index contributed by atoms with van der Waals surface area (Å²) in [6.45, 7) is 4.83. The summed E-state index contributed by atoms with van der Waals surface area (Å²) in [6, 6.07) is 0. The van der Waals surface area contributed by atoms with Gasteiger partial charge in [-0.15, -0.1) is 0 Å². The van der Waals surface area contributed by atoms with E-state index in [-0.39, 0.29) is 38.2 Å². The molecule has 0 aromatic heterocycles. The predicted molar refractivity (Wildman–Crippen MR) is 392 cm³/mol. The van der Waals surface area contributed by atoms with Crippen LogP contribution in [0.4, 0.5) is 0 Å². The number of hydrogen-bond acceptors (Lipinski definition) is 7. The number of allylic oxidation sites excluding steroid dienone is 10. The molecule has 0 radical (unpaired) electrons. The lowest BCUT2D eigenvalue weighted by molar-refractivity contribution is -0.870. The van der Waals surface area contributed by atoms with Gasteiger partial charge in [0.15, 0.2) is 6.10 Å². The lowest BCUT2D eigenvalue weighted by atomic mass is 10.0. The molecule has 532 valence electrons. The van der Waals surface area contributed by atoms with Gasteiger partial charge in [0.05, 0.1) is 34.4 Å². The molecule has 9 heteroatoms. The fourth-order valence-electron chi connectivity index (χ4n) is 11.8. The smallest absolute Gasteiger partial charge is 0.361 e. The number of ether oxygens (including phenoxy) is 4. The minimum absolute atomic E-state index is 0.177. The van der Waals surface area contributed by atoms with Crippen molar-refractivity contribution in [3.05, 3.63) is 60.8 Å². The monoisotopic (exact) mass is 1280 g/mol. The highest BCUT2D eigenvalue weighted by Gasteiger charge is 2.25. The minimum atomic E-state index is -1.51. The van der Waals surface area contributed by atoms with E-state index in [0.29, 0.717) is 17.4 Å². The number of carbonyl (C=O) groups excluding carboxylic acids is 2. The molecule has 0 aromatic rings. The first kappa shape index (κ1) is 88.0. The third kappa shape index (κ3) is 74.3. The number of nitrogens with zero attached hydrogens (tertiary/aromatic N) is 1. The summed E-state index contributed by atoms with van der Waals surface area (Å²) in [4.78, 5) is 37.7. The Hall–Kier alpha value is -3.01. The molecule has 1 N–H and O–H groups in total. The Morgan fingerprint density at radius 1 is 0.341 bits per heavy atom. The Kier molecular flexibility index (Phi) is 70.4. The van der Waals surface area contributed by atoms with E-state index in [4.69, 9.17) is 18.9 Å². The number of hydrogen-bond donors (Lipinski definition) is 1. The molecule has 0 spiro atoms. The van der Waals surface area contributed by atoms with Crippen LogP contribution in [0.2, 0.25) is 0 Å². The van der Waals surface area contributed by atoms with Crippen molar-refractivity contribution in [2.45, 2.75) is 399 Å². The summed E-state index contributed by atoms with van der Waals surface area (Å²) in [5.74, 6) is -1.98. The lowest BCUT2D eigenvalue weighted by Gasteiger charge is -2.25. The van der Waals surface area contributed by atoms with Gasteiger partial charge in [-0.25, -0.2) is 4.79 Å². The van der Waals surface area contributed by atoms with Crippen molar-refractivity contribution in [3.8, 4) is 0 Å². The Bertz CT molecular complexity index is 1680. The molecular weight excluding hydrogens is 1130 g/mol. The van der Waals surface area contributed by atoms with Crippen LogP contribution in [0, 0.1) is 0 Å². The highest BCUT2D eigenvalue weighted by atomic mass is 16.7. The molecule has 0 aliphatic heterocycles. The number of aliphatic carboxylic acids is 1. The highest BCUT2D eigenvalue weighted by molar-refractivity contribution is 5.71. The number of carboxylic acid groups (broad SMARTS) is 1. The van der Waals surface area contributed by atoms with Crippen LogP contribution < -0.4 is 0 Å². The van der Waals surface area contributed by atoms with Crippen LogP contribution in [0.1, 0.15) is 386 Å². The number of likely N-dealkylation sites (N-methyl/N-ethyl adjacent to an activating group) is 1. The van der Waals surface area contributed by atoms with Crippen LogP contribution in [0.3, 0.4) is 0 Å². The van der Waals surface area contributed by atoms with Gasteiger partial charge < -0.3 is 28.5 Å². The van der Waals surface area contributed by atoms with E-state index in [1.807, 2.05) is 21.1 Å². The fraction of sp³-hybridized carbons (Fsp3) is 0.841. The molecule has 91 heavy (non-hydrogen) atoms. The second-order valence-corrected chi connectivity index (χ2v) is 28.0. The molecule has 9 nitrogen and oxygen atoms in total. The van der Waals surface area contributed by atoms with Crippen molar-refractivity contribution in [2.75, 3.05) is 47.5 Å². The summed E-state index contributed by atoms with van der Waals surface area (Å²) < 4.78 is 23.1. The Labute approximate surface area is 565 Å². The van der Waals surface area contributed by atoms with E-state index in [2.05, 4.69) is 74.6 Å². The standard InChI is InChI=1S/C82H151NO8/c1-6-8-10-12-14-16-18-20-22-24-26-28-30-32-34-36-38-40-42-44-46-48-50-52-54-56-58-60-62-64-66-68-70-72-79(84)89-76-78(77-90-82(81(86)87)88-75-74-83(3,4)5)91-80(85)73-71-69-67-65-63-61-59-57-55-53-51-49-47-45-43-41-39-37-35-33-31-29-27-25-23-21-19-17-15-13-11-9-7-2/h9,11,15,17,21,23-24,26-27,29,78,82H,6-8,10,12-14,16,18-20,22,25,28,30-77H2,1-5H3/p+1/b11-9-,17-15-,23-21-,26-24-,29-27-.